The van der Waals surface area contributed by atoms with Crippen molar-refractivity contribution in [3.8, 4) is 0 Å². The lowest BCUT2D eigenvalue weighted by Crippen LogP contribution is -2.38. The van der Waals surface area contributed by atoms with Crippen LogP contribution in [0.5, 0.6) is 0 Å². The standard InChI is InChI=1S/C18H29FN4.HI/c1-3-20-18(21-11-7-10-19)22-15(2)16-8-6-9-17(14-16)23-12-4-5-13-23;/h6,8-9,14-15H,3-5,7,10-13H2,1-2H3,(H2,20,21,22);1H. The van der Waals surface area contributed by atoms with E-state index in [9.17, 15) is 4.39 Å². The zero-order valence-electron chi connectivity index (χ0n) is 14.7. The lowest BCUT2D eigenvalue weighted by Gasteiger charge is -2.22. The number of alkyl halides is 1. The van der Waals surface area contributed by atoms with Crippen LogP contribution in [-0.4, -0.2) is 38.8 Å². The number of nitrogens with zero attached hydrogens (tertiary/aromatic N) is 2. The van der Waals surface area contributed by atoms with Gasteiger partial charge in [-0.3, -0.25) is 9.38 Å². The first-order chi connectivity index (χ1) is 11.2. The largest absolute Gasteiger partial charge is 0.372 e. The molecule has 0 amide bonds. The molecule has 1 saturated heterocycles. The minimum Gasteiger partial charge on any atom is -0.372 e. The smallest absolute Gasteiger partial charge is 0.191 e. The zero-order valence-corrected chi connectivity index (χ0v) is 17.1. The molecule has 1 unspecified atom stereocenters. The predicted octanol–water partition coefficient (Wildman–Crippen LogP) is 3.88. The lowest BCUT2D eigenvalue weighted by molar-refractivity contribution is 0.477. The van der Waals surface area contributed by atoms with Gasteiger partial charge in [-0.2, -0.15) is 0 Å². The number of halogens is 2. The summed E-state index contributed by atoms with van der Waals surface area (Å²) in [5, 5.41) is 6.63. The fourth-order valence-electron chi connectivity index (χ4n) is 2.83. The van der Waals surface area contributed by atoms with Gasteiger partial charge in [0.25, 0.3) is 0 Å². The van der Waals surface area contributed by atoms with E-state index in [1.807, 2.05) is 6.92 Å². The van der Waals surface area contributed by atoms with Gasteiger partial charge in [-0.05, 0) is 50.8 Å². The van der Waals surface area contributed by atoms with E-state index in [2.05, 4.69) is 51.7 Å². The maximum absolute atomic E-state index is 12.2. The maximum atomic E-state index is 12.2. The van der Waals surface area contributed by atoms with Gasteiger partial charge in [0.1, 0.15) is 0 Å². The fraction of sp³-hybridized carbons (Fsp3) is 0.611. The molecule has 1 aromatic carbocycles. The van der Waals surface area contributed by atoms with Crippen molar-refractivity contribution >= 4 is 35.6 Å². The highest BCUT2D eigenvalue weighted by Crippen LogP contribution is 2.23. The Morgan fingerprint density at radius 3 is 2.75 bits per heavy atom. The predicted molar refractivity (Wildman–Crippen MR) is 111 cm³/mol. The Morgan fingerprint density at radius 1 is 1.33 bits per heavy atom. The lowest BCUT2D eigenvalue weighted by atomic mass is 10.1. The van der Waals surface area contributed by atoms with Crippen molar-refractivity contribution in [2.45, 2.75) is 39.2 Å². The highest BCUT2D eigenvalue weighted by molar-refractivity contribution is 14.0. The first-order valence-electron chi connectivity index (χ1n) is 8.70. The number of hydrogen-bond acceptors (Lipinski definition) is 2. The molecule has 1 aliphatic rings. The zero-order chi connectivity index (χ0) is 16.5. The van der Waals surface area contributed by atoms with Crippen LogP contribution in [0.2, 0.25) is 0 Å². The Morgan fingerprint density at radius 2 is 2.08 bits per heavy atom. The molecule has 2 N–H and O–H groups in total. The van der Waals surface area contributed by atoms with E-state index >= 15 is 0 Å². The quantitative estimate of drug-likeness (QED) is 0.288. The summed E-state index contributed by atoms with van der Waals surface area (Å²) < 4.78 is 12.2. The van der Waals surface area contributed by atoms with Gasteiger partial charge in [-0.15, -0.1) is 24.0 Å². The average molecular weight is 448 g/mol. The van der Waals surface area contributed by atoms with Crippen molar-refractivity contribution in [3.63, 3.8) is 0 Å². The summed E-state index contributed by atoms with van der Waals surface area (Å²) in [7, 11) is 0. The summed E-state index contributed by atoms with van der Waals surface area (Å²) >= 11 is 0. The average Bonchev–Trinajstić information content (AvgIpc) is 3.10. The third-order valence-electron chi connectivity index (χ3n) is 4.10. The van der Waals surface area contributed by atoms with Crippen molar-refractivity contribution in [3.05, 3.63) is 29.8 Å². The molecule has 0 spiro atoms. The van der Waals surface area contributed by atoms with E-state index in [1.54, 1.807) is 0 Å². The van der Waals surface area contributed by atoms with Gasteiger partial charge in [-0.1, -0.05) is 12.1 Å². The van der Waals surface area contributed by atoms with E-state index in [0.29, 0.717) is 13.0 Å². The highest BCUT2D eigenvalue weighted by atomic mass is 127. The second kappa shape index (κ2) is 11.5. The third kappa shape index (κ3) is 6.45. The van der Waals surface area contributed by atoms with Crippen LogP contribution in [0.3, 0.4) is 0 Å². The molecule has 0 aliphatic carbocycles. The molecule has 1 atom stereocenters. The molecular weight excluding hydrogens is 418 g/mol. The molecule has 1 heterocycles. The van der Waals surface area contributed by atoms with Crippen LogP contribution in [0.15, 0.2) is 29.3 Å². The highest BCUT2D eigenvalue weighted by Gasteiger charge is 2.14. The van der Waals surface area contributed by atoms with Crippen LogP contribution in [0.4, 0.5) is 10.1 Å². The van der Waals surface area contributed by atoms with Crippen LogP contribution < -0.4 is 15.5 Å². The summed E-state index contributed by atoms with van der Waals surface area (Å²) in [4.78, 5) is 6.85. The molecule has 0 saturated carbocycles. The van der Waals surface area contributed by atoms with Gasteiger partial charge in [-0.25, -0.2) is 0 Å². The number of hydrogen-bond donors (Lipinski definition) is 2. The van der Waals surface area contributed by atoms with Crippen molar-refractivity contribution in [2.24, 2.45) is 4.99 Å². The molecule has 0 bridgehead atoms. The number of guanidine groups is 1. The summed E-state index contributed by atoms with van der Waals surface area (Å²) in [6.45, 7) is 7.44. The second-order valence-corrected chi connectivity index (χ2v) is 5.96. The monoisotopic (exact) mass is 448 g/mol. The van der Waals surface area contributed by atoms with Gasteiger partial charge >= 0.3 is 0 Å². The van der Waals surface area contributed by atoms with E-state index in [1.165, 1.54) is 24.1 Å². The van der Waals surface area contributed by atoms with Crippen molar-refractivity contribution in [1.82, 2.24) is 10.6 Å². The van der Waals surface area contributed by atoms with Crippen LogP contribution in [0.1, 0.15) is 44.7 Å². The van der Waals surface area contributed by atoms with Gasteiger partial charge in [0, 0.05) is 31.9 Å². The Bertz CT molecular complexity index is 504. The molecule has 24 heavy (non-hydrogen) atoms. The van der Waals surface area contributed by atoms with E-state index < -0.39 is 0 Å². The number of nitrogens with one attached hydrogen (secondary N) is 2. The summed E-state index contributed by atoms with van der Waals surface area (Å²) in [6.07, 6.45) is 3.03. The molecule has 2 rings (SSSR count). The number of benzene rings is 1. The maximum Gasteiger partial charge on any atom is 0.191 e. The molecule has 136 valence electrons. The Kier molecular flexibility index (Phi) is 10.1. The minimum atomic E-state index is -0.323. The summed E-state index contributed by atoms with van der Waals surface area (Å²) in [5.41, 5.74) is 2.54. The number of aliphatic imine (C=N–C) groups is 1. The SMILES string of the molecule is CCNC(=NCCCF)NC(C)c1cccc(N2CCCC2)c1.I. The van der Waals surface area contributed by atoms with Crippen molar-refractivity contribution in [1.29, 1.82) is 0 Å². The molecule has 1 aliphatic heterocycles. The fourth-order valence-corrected chi connectivity index (χ4v) is 2.83. The van der Waals surface area contributed by atoms with E-state index in [-0.39, 0.29) is 36.7 Å². The topological polar surface area (TPSA) is 39.7 Å². The van der Waals surface area contributed by atoms with E-state index in [4.69, 9.17) is 0 Å². The van der Waals surface area contributed by atoms with Gasteiger partial charge in [0.05, 0.1) is 12.7 Å². The normalized spacial score (nSPS) is 15.8. The van der Waals surface area contributed by atoms with Crippen molar-refractivity contribution < 1.29 is 4.39 Å². The minimum absolute atomic E-state index is 0. The first-order valence-corrected chi connectivity index (χ1v) is 8.70. The Balaban J connectivity index is 0.00000288. The van der Waals surface area contributed by atoms with Crippen LogP contribution >= 0.6 is 24.0 Å². The van der Waals surface area contributed by atoms with Gasteiger partial charge in [0.2, 0.25) is 0 Å². The van der Waals surface area contributed by atoms with E-state index in [0.717, 1.165) is 25.6 Å². The Hall–Kier alpha value is -1.05. The molecule has 4 nitrogen and oxygen atoms in total. The molecule has 1 fully saturated rings. The number of rotatable bonds is 7. The van der Waals surface area contributed by atoms with Gasteiger partial charge in [0.15, 0.2) is 5.96 Å². The molecule has 0 aromatic heterocycles. The van der Waals surface area contributed by atoms with Crippen molar-refractivity contribution in [2.75, 3.05) is 37.8 Å². The first kappa shape index (κ1) is 21.0. The molecule has 0 radical (unpaired) electrons. The molecule has 1 aromatic rings. The van der Waals surface area contributed by atoms with Crippen LogP contribution in [0, 0.1) is 0 Å². The third-order valence-corrected chi connectivity index (χ3v) is 4.10. The molecular formula is C18H30FIN4. The van der Waals surface area contributed by atoms with Crippen LogP contribution in [0.25, 0.3) is 0 Å². The number of anilines is 1. The second-order valence-electron chi connectivity index (χ2n) is 5.96. The summed E-state index contributed by atoms with van der Waals surface area (Å²) in [6, 6.07) is 8.85. The molecule has 6 heteroatoms. The summed E-state index contributed by atoms with van der Waals surface area (Å²) in [5.74, 6) is 0.750. The Labute approximate surface area is 162 Å². The van der Waals surface area contributed by atoms with Crippen LogP contribution in [-0.2, 0) is 0 Å². The van der Waals surface area contributed by atoms with Gasteiger partial charge < -0.3 is 15.5 Å².